The first-order chi connectivity index (χ1) is 7.75. The molecule has 0 radical (unpaired) electrons. The van der Waals surface area contributed by atoms with Gasteiger partial charge >= 0.3 is 5.97 Å². The van der Waals surface area contributed by atoms with Crippen molar-refractivity contribution in [3.05, 3.63) is 30.1 Å². The van der Waals surface area contributed by atoms with Gasteiger partial charge in [-0.05, 0) is 31.4 Å². The highest BCUT2D eigenvalue weighted by atomic mass is 16.4. The molecule has 16 heavy (non-hydrogen) atoms. The van der Waals surface area contributed by atoms with Crippen LogP contribution in [0, 0.1) is 0 Å². The molecule has 0 atom stereocenters. The summed E-state index contributed by atoms with van der Waals surface area (Å²) < 4.78 is 2.16. The molecule has 1 saturated carbocycles. The summed E-state index contributed by atoms with van der Waals surface area (Å²) in [7, 11) is 0. The fraction of sp³-hybridized carbons (Fsp3) is 0.333. The van der Waals surface area contributed by atoms with Crippen LogP contribution in [0.4, 0.5) is 0 Å². The largest absolute Gasteiger partial charge is 0.478 e. The van der Waals surface area contributed by atoms with E-state index in [2.05, 4.69) is 9.55 Å². The van der Waals surface area contributed by atoms with Gasteiger partial charge in [0.15, 0.2) is 0 Å². The minimum atomic E-state index is -0.925. The Morgan fingerprint density at radius 1 is 1.50 bits per heavy atom. The van der Waals surface area contributed by atoms with Crippen molar-refractivity contribution in [3.63, 3.8) is 0 Å². The maximum absolute atomic E-state index is 10.8. The Bertz CT molecular complexity index is 555. The van der Waals surface area contributed by atoms with Crippen molar-refractivity contribution >= 4 is 17.0 Å². The lowest BCUT2D eigenvalue weighted by Crippen LogP contribution is -2.16. The van der Waals surface area contributed by atoms with Gasteiger partial charge in [0.25, 0.3) is 0 Å². The minimum absolute atomic E-state index is 0.249. The van der Waals surface area contributed by atoms with E-state index in [4.69, 9.17) is 5.11 Å². The molecule has 4 heteroatoms. The molecule has 3 rings (SSSR count). The van der Waals surface area contributed by atoms with E-state index in [0.29, 0.717) is 6.04 Å². The Hall–Kier alpha value is -1.84. The summed E-state index contributed by atoms with van der Waals surface area (Å²) in [5.41, 5.74) is 1.15. The van der Waals surface area contributed by atoms with E-state index in [9.17, 15) is 4.79 Å². The molecular formula is C12H12N2O2. The van der Waals surface area contributed by atoms with Gasteiger partial charge in [0.05, 0.1) is 5.56 Å². The average Bonchev–Trinajstić information content (AvgIpc) is 2.59. The highest BCUT2D eigenvalue weighted by molar-refractivity contribution is 5.91. The van der Waals surface area contributed by atoms with Gasteiger partial charge in [0.2, 0.25) is 0 Å². The zero-order valence-corrected chi connectivity index (χ0v) is 8.76. The molecule has 2 heterocycles. The number of rotatable bonds is 2. The summed E-state index contributed by atoms with van der Waals surface area (Å²) in [6, 6.07) is 4.17. The van der Waals surface area contributed by atoms with E-state index < -0.39 is 5.97 Å². The third-order valence-electron chi connectivity index (χ3n) is 3.27. The molecular weight excluding hydrogens is 204 g/mol. The number of nitrogens with zero attached hydrogens (tertiary/aromatic N) is 2. The van der Waals surface area contributed by atoms with Crippen LogP contribution in [0.2, 0.25) is 0 Å². The molecule has 4 nitrogen and oxygen atoms in total. The highest BCUT2D eigenvalue weighted by Crippen LogP contribution is 2.34. The zero-order valence-electron chi connectivity index (χ0n) is 8.76. The molecule has 0 amide bonds. The van der Waals surface area contributed by atoms with Crippen LogP contribution in [0.25, 0.3) is 11.0 Å². The lowest BCUT2D eigenvalue weighted by molar-refractivity contribution is 0.0696. The van der Waals surface area contributed by atoms with Gasteiger partial charge in [-0.15, -0.1) is 0 Å². The Morgan fingerprint density at radius 2 is 2.31 bits per heavy atom. The summed E-state index contributed by atoms with van der Waals surface area (Å²) in [6.45, 7) is 0. The number of carboxylic acids is 1. The molecule has 2 aromatic rings. The molecule has 1 aliphatic rings. The first-order valence-corrected chi connectivity index (χ1v) is 5.45. The summed E-state index contributed by atoms with van der Waals surface area (Å²) in [5, 5.41) is 9.78. The molecule has 2 aromatic heterocycles. The number of pyridine rings is 1. The fourth-order valence-electron chi connectivity index (χ4n) is 2.12. The van der Waals surface area contributed by atoms with Gasteiger partial charge in [-0.25, -0.2) is 9.78 Å². The van der Waals surface area contributed by atoms with Crippen LogP contribution in [-0.4, -0.2) is 20.6 Å². The molecule has 82 valence electrons. The minimum Gasteiger partial charge on any atom is -0.478 e. The number of aromatic nitrogens is 2. The van der Waals surface area contributed by atoms with Crippen molar-refractivity contribution in [1.82, 2.24) is 9.55 Å². The lowest BCUT2D eigenvalue weighted by atomic mass is 9.93. The molecule has 0 aromatic carbocycles. The van der Waals surface area contributed by atoms with Gasteiger partial charge in [0.1, 0.15) is 5.65 Å². The van der Waals surface area contributed by atoms with Crippen molar-refractivity contribution in [3.8, 4) is 0 Å². The lowest BCUT2D eigenvalue weighted by Gasteiger charge is -2.27. The number of aromatic carboxylic acids is 1. The van der Waals surface area contributed by atoms with E-state index in [-0.39, 0.29) is 5.56 Å². The standard InChI is InChI=1S/C12H12N2O2/c15-12(16)9-6-8-4-5-14(10-2-1-3-10)11(8)13-7-9/h4-7,10H,1-3H2,(H,15,16). The quantitative estimate of drug-likeness (QED) is 0.838. The van der Waals surface area contributed by atoms with Gasteiger partial charge in [-0.1, -0.05) is 0 Å². The molecule has 0 spiro atoms. The van der Waals surface area contributed by atoms with Crippen molar-refractivity contribution < 1.29 is 9.90 Å². The predicted octanol–water partition coefficient (Wildman–Crippen LogP) is 2.46. The summed E-state index contributed by atoms with van der Waals surface area (Å²) in [4.78, 5) is 15.1. The van der Waals surface area contributed by atoms with Crippen LogP contribution in [-0.2, 0) is 0 Å². The topological polar surface area (TPSA) is 55.1 Å². The first kappa shape index (κ1) is 9.39. The van der Waals surface area contributed by atoms with Crippen molar-refractivity contribution in [2.45, 2.75) is 25.3 Å². The second-order valence-electron chi connectivity index (χ2n) is 4.25. The maximum atomic E-state index is 10.8. The van der Waals surface area contributed by atoms with Crippen LogP contribution in [0.5, 0.6) is 0 Å². The number of fused-ring (bicyclic) bond motifs is 1. The Labute approximate surface area is 92.5 Å². The molecule has 0 saturated heterocycles. The third kappa shape index (κ3) is 1.30. The third-order valence-corrected chi connectivity index (χ3v) is 3.27. The summed E-state index contributed by atoms with van der Waals surface area (Å²) in [6.07, 6.45) is 7.11. The number of hydrogen-bond donors (Lipinski definition) is 1. The van der Waals surface area contributed by atoms with E-state index >= 15 is 0 Å². The maximum Gasteiger partial charge on any atom is 0.337 e. The molecule has 1 N–H and O–H groups in total. The molecule has 1 aliphatic carbocycles. The van der Waals surface area contributed by atoms with Crippen LogP contribution in [0.3, 0.4) is 0 Å². The number of hydrogen-bond acceptors (Lipinski definition) is 2. The van der Waals surface area contributed by atoms with Gasteiger partial charge in [-0.2, -0.15) is 0 Å². The van der Waals surface area contributed by atoms with E-state index in [1.54, 1.807) is 6.07 Å². The zero-order chi connectivity index (χ0) is 11.1. The van der Waals surface area contributed by atoms with E-state index in [1.165, 1.54) is 25.5 Å². The Morgan fingerprint density at radius 3 is 2.94 bits per heavy atom. The van der Waals surface area contributed by atoms with Crippen molar-refractivity contribution in [1.29, 1.82) is 0 Å². The Kier molecular flexibility index (Phi) is 1.96. The number of carbonyl (C=O) groups is 1. The van der Waals surface area contributed by atoms with Gasteiger partial charge in [0, 0.05) is 23.8 Å². The summed E-state index contributed by atoms with van der Waals surface area (Å²) in [5.74, 6) is -0.925. The SMILES string of the molecule is O=C(O)c1cnc2c(ccn2C2CCC2)c1. The summed E-state index contributed by atoms with van der Waals surface area (Å²) >= 11 is 0. The monoisotopic (exact) mass is 216 g/mol. The predicted molar refractivity (Wildman–Crippen MR) is 59.6 cm³/mol. The van der Waals surface area contributed by atoms with Crippen LogP contribution >= 0.6 is 0 Å². The normalized spacial score (nSPS) is 16.2. The smallest absolute Gasteiger partial charge is 0.337 e. The highest BCUT2D eigenvalue weighted by Gasteiger charge is 2.21. The van der Waals surface area contributed by atoms with Gasteiger partial charge in [-0.3, -0.25) is 0 Å². The average molecular weight is 216 g/mol. The Balaban J connectivity index is 2.10. The number of carboxylic acid groups (broad SMARTS) is 1. The van der Waals surface area contributed by atoms with Crippen molar-refractivity contribution in [2.24, 2.45) is 0 Å². The fourth-order valence-corrected chi connectivity index (χ4v) is 2.12. The van der Waals surface area contributed by atoms with Gasteiger partial charge < -0.3 is 9.67 Å². The second kappa shape index (κ2) is 3.33. The molecule has 0 aliphatic heterocycles. The van der Waals surface area contributed by atoms with Crippen LogP contribution in [0.15, 0.2) is 24.5 Å². The second-order valence-corrected chi connectivity index (χ2v) is 4.25. The van der Waals surface area contributed by atoms with E-state index in [1.807, 2.05) is 12.3 Å². The molecule has 0 unspecified atom stereocenters. The van der Waals surface area contributed by atoms with Crippen LogP contribution in [0.1, 0.15) is 35.7 Å². The molecule has 1 fully saturated rings. The van der Waals surface area contributed by atoms with Crippen LogP contribution < -0.4 is 0 Å². The van der Waals surface area contributed by atoms with E-state index in [0.717, 1.165) is 11.0 Å². The first-order valence-electron chi connectivity index (χ1n) is 5.45. The molecule has 0 bridgehead atoms. The van der Waals surface area contributed by atoms with Crippen molar-refractivity contribution in [2.75, 3.05) is 0 Å².